The zero-order chi connectivity index (χ0) is 18.1. The van der Waals surface area contributed by atoms with Crippen LogP contribution in [0.5, 0.6) is 0 Å². The fourth-order valence-electron chi connectivity index (χ4n) is 3.50. The molecule has 2 aliphatic heterocycles. The Morgan fingerprint density at radius 2 is 2.35 bits per heavy atom. The fraction of sp³-hybridized carbons (Fsp3) is 0.421. The first-order chi connectivity index (χ1) is 12.6. The van der Waals surface area contributed by atoms with Crippen LogP contribution in [0.15, 0.2) is 29.6 Å². The van der Waals surface area contributed by atoms with E-state index in [1.165, 1.54) is 0 Å². The van der Waals surface area contributed by atoms with Crippen LogP contribution in [0.2, 0.25) is 0 Å². The highest BCUT2D eigenvalue weighted by Crippen LogP contribution is 2.46. The van der Waals surface area contributed by atoms with Gasteiger partial charge in [0.15, 0.2) is 0 Å². The SMILES string of the molecule is Cc1nc(CO[C@H]2CSC3(C2)CN(C(=O)c2cccc(C#N)c2)C3)cs1. The number of hydrogen-bond acceptors (Lipinski definition) is 6. The third-order valence-electron chi connectivity index (χ3n) is 4.79. The van der Waals surface area contributed by atoms with Crippen LogP contribution in [-0.4, -0.2) is 45.5 Å². The van der Waals surface area contributed by atoms with Crippen LogP contribution < -0.4 is 0 Å². The maximum atomic E-state index is 12.6. The van der Waals surface area contributed by atoms with E-state index in [0.29, 0.717) is 17.7 Å². The van der Waals surface area contributed by atoms with Gasteiger partial charge in [-0.1, -0.05) is 6.07 Å². The summed E-state index contributed by atoms with van der Waals surface area (Å²) in [6.45, 7) is 4.07. The molecule has 0 N–H and O–H groups in total. The second-order valence-electron chi connectivity index (χ2n) is 6.84. The molecule has 2 fully saturated rings. The Balaban J connectivity index is 1.30. The van der Waals surface area contributed by atoms with Gasteiger partial charge in [-0.05, 0) is 31.5 Å². The van der Waals surface area contributed by atoms with E-state index in [9.17, 15) is 4.79 Å². The molecule has 0 aliphatic carbocycles. The summed E-state index contributed by atoms with van der Waals surface area (Å²) in [6, 6.07) is 9.00. The van der Waals surface area contributed by atoms with Gasteiger partial charge < -0.3 is 9.64 Å². The van der Waals surface area contributed by atoms with Crippen LogP contribution in [-0.2, 0) is 11.3 Å². The minimum absolute atomic E-state index is 0.00985. The van der Waals surface area contributed by atoms with Gasteiger partial charge in [0.1, 0.15) is 0 Å². The summed E-state index contributed by atoms with van der Waals surface area (Å²) in [7, 11) is 0. The molecule has 0 bridgehead atoms. The molecule has 2 aromatic rings. The average Bonchev–Trinajstić information content (AvgIpc) is 3.24. The smallest absolute Gasteiger partial charge is 0.253 e. The number of nitriles is 1. The van der Waals surface area contributed by atoms with E-state index in [0.717, 1.165) is 36.0 Å². The Morgan fingerprint density at radius 3 is 3.08 bits per heavy atom. The first kappa shape index (κ1) is 17.5. The zero-order valence-corrected chi connectivity index (χ0v) is 16.1. The molecule has 5 nitrogen and oxygen atoms in total. The van der Waals surface area contributed by atoms with Crippen molar-refractivity contribution in [1.82, 2.24) is 9.88 Å². The molecule has 1 amide bonds. The molecule has 26 heavy (non-hydrogen) atoms. The standard InChI is InChI=1S/C19H19N3O2S2/c1-13-21-16(9-25-13)8-24-17-6-19(26-10-17)11-22(12-19)18(23)15-4-2-3-14(5-15)7-20/h2-5,9,17H,6,8,10-12H2,1H3/t17-/m1/s1. The van der Waals surface area contributed by atoms with Crippen LogP contribution in [0, 0.1) is 18.3 Å². The molecule has 0 radical (unpaired) electrons. The highest BCUT2D eigenvalue weighted by molar-refractivity contribution is 8.01. The lowest BCUT2D eigenvalue weighted by atomic mass is 9.92. The van der Waals surface area contributed by atoms with Crippen molar-refractivity contribution in [2.45, 2.75) is 30.8 Å². The molecule has 2 aliphatic rings. The van der Waals surface area contributed by atoms with Crippen LogP contribution in [0.3, 0.4) is 0 Å². The molecule has 134 valence electrons. The maximum Gasteiger partial charge on any atom is 0.253 e. The topological polar surface area (TPSA) is 66.2 Å². The largest absolute Gasteiger partial charge is 0.371 e. The van der Waals surface area contributed by atoms with Crippen LogP contribution in [0.1, 0.15) is 33.0 Å². The van der Waals surface area contributed by atoms with Gasteiger partial charge in [-0.2, -0.15) is 5.26 Å². The van der Waals surface area contributed by atoms with Gasteiger partial charge in [0.2, 0.25) is 0 Å². The van der Waals surface area contributed by atoms with Gasteiger partial charge >= 0.3 is 0 Å². The van der Waals surface area contributed by atoms with Gasteiger partial charge in [0.25, 0.3) is 5.91 Å². The minimum Gasteiger partial charge on any atom is -0.371 e. The van der Waals surface area contributed by atoms with E-state index in [4.69, 9.17) is 10.00 Å². The van der Waals surface area contributed by atoms with E-state index >= 15 is 0 Å². The van der Waals surface area contributed by atoms with Crippen molar-refractivity contribution in [2.24, 2.45) is 0 Å². The first-order valence-corrected chi connectivity index (χ1v) is 10.4. The van der Waals surface area contributed by atoms with Crippen molar-refractivity contribution >= 4 is 29.0 Å². The molecule has 0 unspecified atom stereocenters. The Morgan fingerprint density at radius 1 is 1.50 bits per heavy atom. The third kappa shape index (κ3) is 3.50. The molecule has 1 aromatic heterocycles. The molecule has 4 rings (SSSR count). The number of hydrogen-bond donors (Lipinski definition) is 0. The second-order valence-corrected chi connectivity index (χ2v) is 9.39. The summed E-state index contributed by atoms with van der Waals surface area (Å²) in [4.78, 5) is 18.9. The molecule has 1 aromatic carbocycles. The molecule has 7 heteroatoms. The number of nitrogens with zero attached hydrogens (tertiary/aromatic N) is 3. The van der Waals surface area contributed by atoms with Crippen molar-refractivity contribution < 1.29 is 9.53 Å². The van der Waals surface area contributed by atoms with Crippen molar-refractivity contribution in [1.29, 1.82) is 5.26 Å². The minimum atomic E-state index is 0.00985. The normalized spacial score (nSPS) is 20.8. The first-order valence-electron chi connectivity index (χ1n) is 8.53. The van der Waals surface area contributed by atoms with Crippen molar-refractivity contribution in [3.63, 3.8) is 0 Å². The zero-order valence-electron chi connectivity index (χ0n) is 14.5. The number of thiazole rings is 1. The van der Waals surface area contributed by atoms with Crippen molar-refractivity contribution in [3.8, 4) is 6.07 Å². The van der Waals surface area contributed by atoms with E-state index in [1.54, 1.807) is 35.6 Å². The predicted molar refractivity (Wildman–Crippen MR) is 102 cm³/mol. The quantitative estimate of drug-likeness (QED) is 0.808. The number of amides is 1. The van der Waals surface area contributed by atoms with E-state index in [2.05, 4.69) is 11.1 Å². The summed E-state index contributed by atoms with van der Waals surface area (Å²) in [5.74, 6) is 0.977. The van der Waals surface area contributed by atoms with E-state index < -0.39 is 0 Å². The number of carbonyl (C=O) groups is 1. The summed E-state index contributed by atoms with van der Waals surface area (Å²) in [5.41, 5.74) is 2.11. The number of benzene rings is 1. The Labute approximate surface area is 161 Å². The van der Waals surface area contributed by atoms with Crippen molar-refractivity contribution in [2.75, 3.05) is 18.8 Å². The molecule has 0 saturated carbocycles. The third-order valence-corrected chi connectivity index (χ3v) is 7.19. The molecular weight excluding hydrogens is 366 g/mol. The molecule has 1 spiro atoms. The molecule has 1 atom stereocenters. The number of thioether (sulfide) groups is 1. The lowest BCUT2D eigenvalue weighted by molar-refractivity contribution is 0.0246. The summed E-state index contributed by atoms with van der Waals surface area (Å²) >= 11 is 3.56. The Hall–Kier alpha value is -1.88. The highest BCUT2D eigenvalue weighted by atomic mass is 32.2. The summed E-state index contributed by atoms with van der Waals surface area (Å²) in [6.07, 6.45) is 1.20. The van der Waals surface area contributed by atoms with Gasteiger partial charge in [-0.15, -0.1) is 23.1 Å². The molecule has 3 heterocycles. The van der Waals surface area contributed by atoms with E-state index in [-0.39, 0.29) is 16.8 Å². The van der Waals surface area contributed by atoms with Gasteiger partial charge in [-0.3, -0.25) is 4.79 Å². The van der Waals surface area contributed by atoms with Gasteiger partial charge in [-0.25, -0.2) is 4.98 Å². The fourth-order valence-corrected chi connectivity index (χ4v) is 5.65. The monoisotopic (exact) mass is 385 g/mol. The number of rotatable bonds is 4. The Kier molecular flexibility index (Phi) is 4.74. The van der Waals surface area contributed by atoms with Crippen LogP contribution >= 0.6 is 23.1 Å². The van der Waals surface area contributed by atoms with Crippen molar-refractivity contribution in [3.05, 3.63) is 51.5 Å². The lowest BCUT2D eigenvalue weighted by Gasteiger charge is -2.47. The lowest BCUT2D eigenvalue weighted by Crippen LogP contribution is -2.60. The average molecular weight is 386 g/mol. The van der Waals surface area contributed by atoms with Gasteiger partial charge in [0.05, 0.1) is 39.8 Å². The number of ether oxygens (including phenoxy) is 1. The van der Waals surface area contributed by atoms with Crippen LogP contribution in [0.25, 0.3) is 0 Å². The highest BCUT2D eigenvalue weighted by Gasteiger charge is 2.51. The van der Waals surface area contributed by atoms with Gasteiger partial charge in [0, 0.05) is 29.8 Å². The number of carbonyl (C=O) groups excluding carboxylic acids is 1. The molecular formula is C19H19N3O2S2. The summed E-state index contributed by atoms with van der Waals surface area (Å²) < 4.78 is 6.16. The summed E-state index contributed by atoms with van der Waals surface area (Å²) in [5, 5.41) is 12.1. The predicted octanol–water partition coefficient (Wildman–Crippen LogP) is 3.24. The van der Waals surface area contributed by atoms with Crippen LogP contribution in [0.4, 0.5) is 0 Å². The molecule has 2 saturated heterocycles. The second kappa shape index (κ2) is 7.03. The number of aromatic nitrogens is 1. The number of aryl methyl sites for hydroxylation is 1. The maximum absolute atomic E-state index is 12.6. The Bertz CT molecular complexity index is 868. The number of likely N-dealkylation sites (tertiary alicyclic amines) is 1. The van der Waals surface area contributed by atoms with E-state index in [1.807, 2.05) is 29.0 Å².